The Hall–Kier alpha value is -2.70. The molecule has 0 radical (unpaired) electrons. The molecule has 1 aromatic carbocycles. The van der Waals surface area contributed by atoms with Crippen molar-refractivity contribution in [2.75, 3.05) is 12.8 Å². The highest BCUT2D eigenvalue weighted by atomic mass is 19.1. The van der Waals surface area contributed by atoms with Gasteiger partial charge >= 0.3 is 0 Å². The fourth-order valence-electron chi connectivity index (χ4n) is 2.11. The molecule has 0 bridgehead atoms. The van der Waals surface area contributed by atoms with Gasteiger partial charge in [-0.2, -0.15) is 4.98 Å². The SMILES string of the molecule is COc1ccc2nc(N)n(Cc3cc(F)ccc3F)c2n1. The maximum absolute atomic E-state index is 13.8. The van der Waals surface area contributed by atoms with E-state index in [2.05, 4.69) is 9.97 Å². The molecular formula is C14H12F2N4O. The number of nitrogens with zero attached hydrogens (tertiary/aromatic N) is 3. The zero-order valence-electron chi connectivity index (χ0n) is 11.2. The molecule has 0 amide bonds. The third-order valence-corrected chi connectivity index (χ3v) is 3.14. The molecule has 0 fully saturated rings. The van der Waals surface area contributed by atoms with Gasteiger partial charge in [-0.3, -0.25) is 4.57 Å². The van der Waals surface area contributed by atoms with Gasteiger partial charge in [-0.15, -0.1) is 0 Å². The third-order valence-electron chi connectivity index (χ3n) is 3.14. The number of pyridine rings is 1. The highest BCUT2D eigenvalue weighted by Gasteiger charge is 2.13. The molecule has 21 heavy (non-hydrogen) atoms. The Kier molecular flexibility index (Phi) is 3.17. The van der Waals surface area contributed by atoms with Crippen molar-refractivity contribution in [1.82, 2.24) is 14.5 Å². The van der Waals surface area contributed by atoms with E-state index in [4.69, 9.17) is 10.5 Å². The molecule has 0 saturated carbocycles. The van der Waals surface area contributed by atoms with Crippen LogP contribution in [-0.4, -0.2) is 21.6 Å². The molecule has 0 spiro atoms. The summed E-state index contributed by atoms with van der Waals surface area (Å²) in [6, 6.07) is 6.63. The van der Waals surface area contributed by atoms with Crippen molar-refractivity contribution < 1.29 is 13.5 Å². The number of hydrogen-bond donors (Lipinski definition) is 1. The summed E-state index contributed by atoms with van der Waals surface area (Å²) in [5.41, 5.74) is 7.02. The van der Waals surface area contributed by atoms with E-state index in [9.17, 15) is 8.78 Å². The Morgan fingerprint density at radius 2 is 2.00 bits per heavy atom. The van der Waals surface area contributed by atoms with Crippen LogP contribution in [-0.2, 0) is 6.54 Å². The number of nitrogen functional groups attached to an aromatic ring is 1. The van der Waals surface area contributed by atoms with Gasteiger partial charge in [0.15, 0.2) is 5.65 Å². The fourth-order valence-corrected chi connectivity index (χ4v) is 2.11. The zero-order valence-corrected chi connectivity index (χ0v) is 11.2. The van der Waals surface area contributed by atoms with E-state index < -0.39 is 11.6 Å². The number of fused-ring (bicyclic) bond motifs is 1. The van der Waals surface area contributed by atoms with Crippen LogP contribution in [0.25, 0.3) is 11.2 Å². The molecule has 2 aromatic heterocycles. The lowest BCUT2D eigenvalue weighted by molar-refractivity contribution is 0.399. The Balaban J connectivity index is 2.11. The molecule has 3 rings (SSSR count). The number of imidazole rings is 1. The van der Waals surface area contributed by atoms with Gasteiger partial charge in [-0.25, -0.2) is 13.8 Å². The molecule has 0 atom stereocenters. The van der Waals surface area contributed by atoms with Gasteiger partial charge in [0.25, 0.3) is 0 Å². The van der Waals surface area contributed by atoms with Crippen molar-refractivity contribution >= 4 is 17.1 Å². The minimum atomic E-state index is -0.514. The summed E-state index contributed by atoms with van der Waals surface area (Å²) in [5.74, 6) is -0.460. The molecule has 3 aromatic rings. The van der Waals surface area contributed by atoms with Gasteiger partial charge in [-0.05, 0) is 24.3 Å². The van der Waals surface area contributed by atoms with E-state index in [-0.39, 0.29) is 18.1 Å². The second-order valence-corrected chi connectivity index (χ2v) is 4.49. The summed E-state index contributed by atoms with van der Waals surface area (Å²) >= 11 is 0. The first-order valence-corrected chi connectivity index (χ1v) is 6.19. The van der Waals surface area contributed by atoms with Crippen molar-refractivity contribution in [3.8, 4) is 5.88 Å². The van der Waals surface area contributed by atoms with Crippen LogP contribution in [0, 0.1) is 11.6 Å². The van der Waals surface area contributed by atoms with Gasteiger partial charge in [0.05, 0.1) is 13.7 Å². The Bertz CT molecular complexity index is 816. The standard InChI is InChI=1S/C14H12F2N4O/c1-21-12-5-4-11-13(19-12)20(14(17)18-11)7-8-6-9(15)2-3-10(8)16/h2-6H,7H2,1H3,(H2,17,18). The van der Waals surface area contributed by atoms with Crippen LogP contribution in [0.15, 0.2) is 30.3 Å². The number of aromatic nitrogens is 3. The molecule has 0 saturated heterocycles. The number of rotatable bonds is 3. The number of halogens is 2. The van der Waals surface area contributed by atoms with Gasteiger partial charge in [0.2, 0.25) is 11.8 Å². The van der Waals surface area contributed by atoms with E-state index in [1.54, 1.807) is 12.1 Å². The van der Waals surface area contributed by atoms with Crippen LogP contribution in [0.5, 0.6) is 5.88 Å². The zero-order chi connectivity index (χ0) is 15.0. The van der Waals surface area contributed by atoms with Crippen molar-refractivity contribution in [3.63, 3.8) is 0 Å². The first-order valence-electron chi connectivity index (χ1n) is 6.19. The predicted octanol–water partition coefficient (Wildman–Crippen LogP) is 2.35. The summed E-state index contributed by atoms with van der Waals surface area (Å²) in [5, 5.41) is 0. The Morgan fingerprint density at radius 3 is 2.76 bits per heavy atom. The van der Waals surface area contributed by atoms with Crippen LogP contribution in [0.3, 0.4) is 0 Å². The summed E-state index contributed by atoms with van der Waals surface area (Å²) in [7, 11) is 1.49. The number of ether oxygens (including phenoxy) is 1. The molecule has 0 aliphatic rings. The van der Waals surface area contributed by atoms with Gasteiger partial charge in [0.1, 0.15) is 17.2 Å². The summed E-state index contributed by atoms with van der Waals surface area (Å²) in [4.78, 5) is 8.39. The highest BCUT2D eigenvalue weighted by molar-refractivity contribution is 5.75. The van der Waals surface area contributed by atoms with E-state index in [1.807, 2.05) is 0 Å². The van der Waals surface area contributed by atoms with Crippen LogP contribution < -0.4 is 10.5 Å². The number of hydrogen-bond acceptors (Lipinski definition) is 4. The fraction of sp³-hybridized carbons (Fsp3) is 0.143. The molecule has 5 nitrogen and oxygen atoms in total. The normalized spacial score (nSPS) is 11.0. The molecule has 0 unspecified atom stereocenters. The van der Waals surface area contributed by atoms with Crippen LogP contribution in [0.1, 0.15) is 5.56 Å². The quantitative estimate of drug-likeness (QED) is 0.804. The predicted molar refractivity (Wildman–Crippen MR) is 74.0 cm³/mol. The molecule has 7 heteroatoms. The maximum Gasteiger partial charge on any atom is 0.215 e. The number of nitrogens with two attached hydrogens (primary N) is 1. The first kappa shape index (κ1) is 13.3. The number of benzene rings is 1. The van der Waals surface area contributed by atoms with E-state index in [0.717, 1.165) is 18.2 Å². The topological polar surface area (TPSA) is 66.0 Å². The maximum atomic E-state index is 13.8. The molecule has 0 aliphatic heterocycles. The summed E-state index contributed by atoms with van der Waals surface area (Å²) < 4.78 is 33.6. The van der Waals surface area contributed by atoms with Crippen LogP contribution in [0.4, 0.5) is 14.7 Å². The Labute approximate surface area is 119 Å². The molecule has 108 valence electrons. The van der Waals surface area contributed by atoms with Gasteiger partial charge in [-0.1, -0.05) is 0 Å². The average molecular weight is 290 g/mol. The highest BCUT2D eigenvalue weighted by Crippen LogP contribution is 2.21. The molecular weight excluding hydrogens is 278 g/mol. The van der Waals surface area contributed by atoms with Crippen molar-refractivity contribution in [3.05, 3.63) is 47.5 Å². The van der Waals surface area contributed by atoms with Gasteiger partial charge < -0.3 is 10.5 Å². The molecule has 0 aliphatic carbocycles. The minimum Gasteiger partial charge on any atom is -0.481 e. The monoisotopic (exact) mass is 290 g/mol. The lowest BCUT2D eigenvalue weighted by atomic mass is 10.2. The first-order chi connectivity index (χ1) is 10.1. The lowest BCUT2D eigenvalue weighted by Crippen LogP contribution is -2.07. The smallest absolute Gasteiger partial charge is 0.215 e. The van der Waals surface area contributed by atoms with Crippen LogP contribution in [0.2, 0.25) is 0 Å². The second-order valence-electron chi connectivity index (χ2n) is 4.49. The number of anilines is 1. The van der Waals surface area contributed by atoms with E-state index in [0.29, 0.717) is 17.0 Å². The third kappa shape index (κ3) is 2.37. The van der Waals surface area contributed by atoms with Crippen LogP contribution >= 0.6 is 0 Å². The molecule has 2 N–H and O–H groups in total. The number of methoxy groups -OCH3 is 1. The van der Waals surface area contributed by atoms with Crippen molar-refractivity contribution in [1.29, 1.82) is 0 Å². The average Bonchev–Trinajstić information content (AvgIpc) is 2.78. The van der Waals surface area contributed by atoms with E-state index >= 15 is 0 Å². The Morgan fingerprint density at radius 1 is 1.19 bits per heavy atom. The van der Waals surface area contributed by atoms with E-state index in [1.165, 1.54) is 11.7 Å². The van der Waals surface area contributed by atoms with Crippen molar-refractivity contribution in [2.45, 2.75) is 6.54 Å². The largest absolute Gasteiger partial charge is 0.481 e. The van der Waals surface area contributed by atoms with Crippen molar-refractivity contribution in [2.24, 2.45) is 0 Å². The second kappa shape index (κ2) is 5.01. The van der Waals surface area contributed by atoms with Gasteiger partial charge in [0, 0.05) is 11.6 Å². The summed E-state index contributed by atoms with van der Waals surface area (Å²) in [6.07, 6.45) is 0. The minimum absolute atomic E-state index is 0.0338. The summed E-state index contributed by atoms with van der Waals surface area (Å²) in [6.45, 7) is 0.0338. The lowest BCUT2D eigenvalue weighted by Gasteiger charge is -2.08. The molecule has 2 heterocycles.